The lowest BCUT2D eigenvalue weighted by Crippen LogP contribution is -2.31. The summed E-state index contributed by atoms with van der Waals surface area (Å²) in [6.45, 7) is 0. The Morgan fingerprint density at radius 3 is 3.43 bits per heavy atom. The summed E-state index contributed by atoms with van der Waals surface area (Å²) in [6.07, 6.45) is 3.28. The van der Waals surface area contributed by atoms with Gasteiger partial charge in [-0.25, -0.2) is 9.47 Å². The van der Waals surface area contributed by atoms with Crippen LogP contribution in [-0.2, 0) is 4.74 Å². The molecule has 0 aromatic carbocycles. The van der Waals surface area contributed by atoms with Crippen LogP contribution in [0.4, 0.5) is 4.79 Å². The van der Waals surface area contributed by atoms with E-state index >= 15 is 0 Å². The molecule has 0 spiro atoms. The van der Waals surface area contributed by atoms with Gasteiger partial charge in [0.2, 0.25) is 0 Å². The molecule has 7 heteroatoms. The third-order valence-electron chi connectivity index (χ3n) is 1.89. The van der Waals surface area contributed by atoms with E-state index in [2.05, 4.69) is 25.4 Å². The molecule has 0 radical (unpaired) electrons. The summed E-state index contributed by atoms with van der Waals surface area (Å²) in [5.74, 6) is 0.609. The summed E-state index contributed by atoms with van der Waals surface area (Å²) in [6, 6.07) is -0.220. The fourth-order valence-corrected chi connectivity index (χ4v) is 1.23. The second kappa shape index (κ2) is 3.44. The van der Waals surface area contributed by atoms with Gasteiger partial charge < -0.3 is 10.1 Å². The van der Waals surface area contributed by atoms with E-state index in [-0.39, 0.29) is 6.04 Å². The Kier molecular flexibility index (Phi) is 2.13. The molecule has 1 aromatic rings. The zero-order valence-electron chi connectivity index (χ0n) is 7.54. The number of carbonyl (C=O) groups is 1. The normalized spacial score (nSPS) is 18.8. The summed E-state index contributed by atoms with van der Waals surface area (Å²) < 4.78 is 6.01. The lowest BCUT2D eigenvalue weighted by Gasteiger charge is -2.17. The third-order valence-corrected chi connectivity index (χ3v) is 1.89. The number of methoxy groups -OCH3 is 1. The van der Waals surface area contributed by atoms with Crippen LogP contribution in [0.15, 0.2) is 11.4 Å². The van der Waals surface area contributed by atoms with Gasteiger partial charge in [-0.1, -0.05) is 0 Å². The van der Waals surface area contributed by atoms with Crippen molar-refractivity contribution in [1.29, 1.82) is 0 Å². The van der Waals surface area contributed by atoms with E-state index in [1.54, 1.807) is 6.21 Å². The summed E-state index contributed by atoms with van der Waals surface area (Å²) in [4.78, 5) is 11.0. The Bertz CT molecular complexity index is 372. The molecule has 1 amide bonds. The van der Waals surface area contributed by atoms with Crippen molar-refractivity contribution in [2.45, 2.75) is 12.5 Å². The average molecular weight is 195 g/mol. The average Bonchev–Trinajstić information content (AvgIpc) is 2.66. The minimum Gasteiger partial charge on any atom is -0.453 e. The van der Waals surface area contributed by atoms with E-state index in [4.69, 9.17) is 0 Å². The monoisotopic (exact) mass is 195 g/mol. The van der Waals surface area contributed by atoms with Gasteiger partial charge in [0.1, 0.15) is 6.33 Å². The molecule has 0 saturated heterocycles. The molecule has 1 unspecified atom stereocenters. The van der Waals surface area contributed by atoms with Crippen molar-refractivity contribution in [3.05, 3.63) is 12.2 Å². The summed E-state index contributed by atoms with van der Waals surface area (Å²) in [5, 5.41) is 14.2. The van der Waals surface area contributed by atoms with Crippen molar-refractivity contribution in [2.24, 2.45) is 5.10 Å². The molecular formula is C7H9N5O2. The maximum Gasteiger partial charge on any atom is 0.407 e. The number of carbonyl (C=O) groups excluding carboxylic acids is 1. The van der Waals surface area contributed by atoms with Crippen LogP contribution < -0.4 is 5.32 Å². The first kappa shape index (κ1) is 8.67. The minimum atomic E-state index is -0.486. The van der Waals surface area contributed by atoms with Crippen molar-refractivity contribution in [3.8, 4) is 0 Å². The quantitative estimate of drug-likeness (QED) is 0.679. The highest BCUT2D eigenvalue weighted by Gasteiger charge is 2.22. The van der Waals surface area contributed by atoms with Gasteiger partial charge in [-0.3, -0.25) is 0 Å². The lowest BCUT2D eigenvalue weighted by molar-refractivity contribution is 0.166. The molecule has 14 heavy (non-hydrogen) atoms. The highest BCUT2D eigenvalue weighted by molar-refractivity contribution is 5.69. The molecule has 2 heterocycles. The molecule has 1 aliphatic heterocycles. The zero-order valence-corrected chi connectivity index (χ0v) is 7.54. The van der Waals surface area contributed by atoms with Crippen molar-refractivity contribution in [2.75, 3.05) is 7.11 Å². The van der Waals surface area contributed by atoms with Gasteiger partial charge in [0.05, 0.1) is 13.2 Å². The second-order valence-electron chi connectivity index (χ2n) is 2.76. The van der Waals surface area contributed by atoms with E-state index < -0.39 is 6.09 Å². The lowest BCUT2D eigenvalue weighted by atomic mass is 10.2. The van der Waals surface area contributed by atoms with Gasteiger partial charge >= 0.3 is 6.09 Å². The number of aromatic nitrogens is 3. The fraction of sp³-hybridized carbons (Fsp3) is 0.429. The SMILES string of the molecule is COC(=O)NC1CC=Nn2cnnc21. The summed E-state index contributed by atoms with van der Waals surface area (Å²) >= 11 is 0. The van der Waals surface area contributed by atoms with E-state index in [9.17, 15) is 4.79 Å². The maximum atomic E-state index is 11.0. The van der Waals surface area contributed by atoms with Crippen molar-refractivity contribution in [3.63, 3.8) is 0 Å². The molecular weight excluding hydrogens is 186 g/mol. The Morgan fingerprint density at radius 2 is 2.64 bits per heavy atom. The van der Waals surface area contributed by atoms with Gasteiger partial charge in [0, 0.05) is 12.6 Å². The number of fused-ring (bicyclic) bond motifs is 1. The molecule has 2 rings (SSSR count). The molecule has 1 N–H and O–H groups in total. The van der Waals surface area contributed by atoms with Crippen molar-refractivity contribution >= 4 is 12.3 Å². The predicted molar refractivity (Wildman–Crippen MR) is 46.8 cm³/mol. The van der Waals surface area contributed by atoms with Crippen LogP contribution in [0.5, 0.6) is 0 Å². The number of amides is 1. The van der Waals surface area contributed by atoms with Gasteiger partial charge in [0.25, 0.3) is 0 Å². The Labute approximate surface area is 79.8 Å². The number of alkyl carbamates (subject to hydrolysis) is 1. The maximum absolute atomic E-state index is 11.0. The summed E-state index contributed by atoms with van der Waals surface area (Å²) in [7, 11) is 1.32. The number of nitrogens with one attached hydrogen (secondary N) is 1. The van der Waals surface area contributed by atoms with Gasteiger partial charge in [-0.2, -0.15) is 5.10 Å². The van der Waals surface area contributed by atoms with Crippen LogP contribution in [0.2, 0.25) is 0 Å². The van der Waals surface area contributed by atoms with Crippen LogP contribution >= 0.6 is 0 Å². The van der Waals surface area contributed by atoms with Crippen molar-refractivity contribution < 1.29 is 9.53 Å². The minimum absolute atomic E-state index is 0.220. The summed E-state index contributed by atoms with van der Waals surface area (Å²) in [5.41, 5.74) is 0. The van der Waals surface area contributed by atoms with E-state index in [1.807, 2.05) is 0 Å². The van der Waals surface area contributed by atoms with E-state index in [0.717, 1.165) is 0 Å². The predicted octanol–water partition coefficient (Wildman–Crippen LogP) is -0.0872. The molecule has 1 aliphatic rings. The number of hydrogen-bond acceptors (Lipinski definition) is 5. The molecule has 1 atom stereocenters. The van der Waals surface area contributed by atoms with Gasteiger partial charge in [-0.05, 0) is 0 Å². The first-order valence-corrected chi connectivity index (χ1v) is 4.08. The van der Waals surface area contributed by atoms with E-state index in [0.29, 0.717) is 12.2 Å². The number of nitrogens with zero attached hydrogens (tertiary/aromatic N) is 4. The Balaban J connectivity index is 2.16. The number of ether oxygens (including phenoxy) is 1. The van der Waals surface area contributed by atoms with Crippen LogP contribution in [0.25, 0.3) is 0 Å². The highest BCUT2D eigenvalue weighted by Crippen LogP contribution is 2.16. The molecule has 7 nitrogen and oxygen atoms in total. The Morgan fingerprint density at radius 1 is 1.79 bits per heavy atom. The number of hydrogen-bond donors (Lipinski definition) is 1. The van der Waals surface area contributed by atoms with Crippen LogP contribution in [0.3, 0.4) is 0 Å². The standard InChI is InChI=1S/C7H9N5O2/c1-14-7(13)10-5-2-3-9-12-4-8-11-6(5)12/h3-5H,2H2,1H3,(H,10,13). The van der Waals surface area contributed by atoms with Crippen LogP contribution in [0, 0.1) is 0 Å². The molecule has 0 saturated carbocycles. The molecule has 1 aromatic heterocycles. The van der Waals surface area contributed by atoms with Crippen LogP contribution in [0.1, 0.15) is 18.3 Å². The first-order valence-electron chi connectivity index (χ1n) is 4.08. The largest absolute Gasteiger partial charge is 0.453 e. The zero-order chi connectivity index (χ0) is 9.97. The van der Waals surface area contributed by atoms with Crippen molar-refractivity contribution in [1.82, 2.24) is 20.2 Å². The first-order chi connectivity index (χ1) is 6.81. The molecule has 0 bridgehead atoms. The van der Waals surface area contributed by atoms with Gasteiger partial charge in [0.15, 0.2) is 5.82 Å². The molecule has 0 aliphatic carbocycles. The molecule has 74 valence electrons. The molecule has 0 fully saturated rings. The smallest absolute Gasteiger partial charge is 0.407 e. The Hall–Kier alpha value is -1.92. The third kappa shape index (κ3) is 1.43. The van der Waals surface area contributed by atoms with E-state index in [1.165, 1.54) is 18.1 Å². The second-order valence-corrected chi connectivity index (χ2v) is 2.76. The number of rotatable bonds is 1. The fourth-order valence-electron chi connectivity index (χ4n) is 1.23. The van der Waals surface area contributed by atoms with Gasteiger partial charge in [-0.15, -0.1) is 10.2 Å². The highest BCUT2D eigenvalue weighted by atomic mass is 16.5. The van der Waals surface area contributed by atoms with Crippen LogP contribution in [-0.4, -0.2) is 34.3 Å². The topological polar surface area (TPSA) is 81.4 Å².